The van der Waals surface area contributed by atoms with Crippen LogP contribution in [0.25, 0.3) is 5.70 Å². The number of carbonyl (C=O) groups is 1. The maximum absolute atomic E-state index is 12.0. The molecule has 24 heavy (non-hydrogen) atoms. The molecule has 6 heteroatoms. The van der Waals surface area contributed by atoms with Gasteiger partial charge in [-0.1, -0.05) is 36.4 Å². The molecule has 0 spiro atoms. The third kappa shape index (κ3) is 5.11. The van der Waals surface area contributed by atoms with Crippen molar-refractivity contribution in [1.29, 1.82) is 0 Å². The first-order chi connectivity index (χ1) is 11.5. The summed E-state index contributed by atoms with van der Waals surface area (Å²) >= 11 is 6.88. The Balaban J connectivity index is 1.90. The number of halogens is 2. The van der Waals surface area contributed by atoms with Crippen LogP contribution < -0.4 is 15.6 Å². The minimum atomic E-state index is -0.273. The van der Waals surface area contributed by atoms with Crippen molar-refractivity contribution in [2.24, 2.45) is 0 Å². The van der Waals surface area contributed by atoms with Crippen LogP contribution in [-0.2, 0) is 4.79 Å². The minimum absolute atomic E-state index is 0.0982. The second-order valence-electron chi connectivity index (χ2n) is 5.09. The zero-order chi connectivity index (χ0) is 17.5. The van der Waals surface area contributed by atoms with Crippen molar-refractivity contribution >= 4 is 43.5 Å². The zero-order valence-corrected chi connectivity index (χ0v) is 16.6. The fourth-order valence-corrected chi connectivity index (χ4v) is 3.71. The Hall–Kier alpha value is -1.79. The number of ether oxygens (including phenoxy) is 1. The number of benzene rings is 2. The van der Waals surface area contributed by atoms with E-state index >= 15 is 0 Å². The molecular weight excluding hydrogens is 436 g/mol. The van der Waals surface area contributed by atoms with E-state index < -0.39 is 0 Å². The number of rotatable bonds is 6. The Kier molecular flexibility index (Phi) is 6.87. The second-order valence-corrected chi connectivity index (χ2v) is 6.80. The first kappa shape index (κ1) is 18.5. The average Bonchev–Trinajstić information content (AvgIpc) is 2.55. The summed E-state index contributed by atoms with van der Waals surface area (Å²) in [6.45, 7) is 3.79. The predicted molar refractivity (Wildman–Crippen MR) is 103 cm³/mol. The van der Waals surface area contributed by atoms with E-state index in [2.05, 4.69) is 42.7 Å². The summed E-state index contributed by atoms with van der Waals surface area (Å²) in [5.74, 6) is 0.328. The molecule has 4 nitrogen and oxygen atoms in total. The first-order valence-electron chi connectivity index (χ1n) is 7.36. The summed E-state index contributed by atoms with van der Waals surface area (Å²) in [6.07, 6.45) is 1.89. The number of carbonyl (C=O) groups excluding carboxylic acids is 1. The average molecular weight is 454 g/mol. The Labute approximate surface area is 158 Å². The Morgan fingerprint density at radius 2 is 1.75 bits per heavy atom. The maximum atomic E-state index is 12.0. The molecule has 0 aliphatic rings. The quantitative estimate of drug-likeness (QED) is 0.629. The highest BCUT2D eigenvalue weighted by atomic mass is 79.9. The molecule has 0 heterocycles. The number of amides is 1. The van der Waals surface area contributed by atoms with Crippen LogP contribution in [0.2, 0.25) is 0 Å². The van der Waals surface area contributed by atoms with Crippen molar-refractivity contribution in [1.82, 2.24) is 10.9 Å². The van der Waals surface area contributed by atoms with Crippen LogP contribution in [0.3, 0.4) is 0 Å². The van der Waals surface area contributed by atoms with E-state index in [9.17, 15) is 4.79 Å². The standard InChI is InChI=1S/C18H18Br2N2O2/c1-3-16(13-7-5-4-6-8-13)21-22-17(23)11-24-18-14(19)9-12(2)10-15(18)20/h3-10,21H,11H2,1-2H3,(H,22,23). The summed E-state index contributed by atoms with van der Waals surface area (Å²) in [5.41, 5.74) is 8.46. The molecule has 0 radical (unpaired) electrons. The third-order valence-electron chi connectivity index (χ3n) is 3.20. The van der Waals surface area contributed by atoms with Crippen LogP contribution in [0.1, 0.15) is 18.1 Å². The molecular formula is C18H18Br2N2O2. The highest BCUT2D eigenvalue weighted by Crippen LogP contribution is 2.34. The molecule has 0 saturated heterocycles. The normalized spacial score (nSPS) is 11.1. The molecule has 2 rings (SSSR count). The Morgan fingerprint density at radius 1 is 1.12 bits per heavy atom. The van der Waals surface area contributed by atoms with Gasteiger partial charge in [0.2, 0.25) is 0 Å². The van der Waals surface area contributed by atoms with Gasteiger partial charge in [-0.3, -0.25) is 15.6 Å². The van der Waals surface area contributed by atoms with Crippen molar-refractivity contribution in [3.05, 3.63) is 68.6 Å². The minimum Gasteiger partial charge on any atom is -0.481 e. The van der Waals surface area contributed by atoms with E-state index in [1.54, 1.807) is 0 Å². The lowest BCUT2D eigenvalue weighted by atomic mass is 10.1. The van der Waals surface area contributed by atoms with Crippen LogP contribution in [0.4, 0.5) is 0 Å². The Bertz CT molecular complexity index is 723. The molecule has 2 N–H and O–H groups in total. The molecule has 126 valence electrons. The lowest BCUT2D eigenvalue weighted by molar-refractivity contribution is -0.123. The number of aryl methyl sites for hydroxylation is 1. The largest absolute Gasteiger partial charge is 0.481 e. The first-order valence-corrected chi connectivity index (χ1v) is 8.95. The molecule has 2 aromatic carbocycles. The highest BCUT2D eigenvalue weighted by Gasteiger charge is 2.10. The molecule has 0 saturated carbocycles. The lowest BCUT2D eigenvalue weighted by Crippen LogP contribution is -2.39. The molecule has 2 aromatic rings. The van der Waals surface area contributed by atoms with Gasteiger partial charge in [0.25, 0.3) is 5.91 Å². The van der Waals surface area contributed by atoms with Crippen molar-refractivity contribution in [2.45, 2.75) is 13.8 Å². The van der Waals surface area contributed by atoms with Gasteiger partial charge in [0.15, 0.2) is 6.61 Å². The molecule has 0 aromatic heterocycles. The fraction of sp³-hybridized carbons (Fsp3) is 0.167. The Morgan fingerprint density at radius 3 is 2.33 bits per heavy atom. The molecule has 0 unspecified atom stereocenters. The van der Waals surface area contributed by atoms with E-state index in [4.69, 9.17) is 4.74 Å². The summed E-state index contributed by atoms with van der Waals surface area (Å²) in [7, 11) is 0. The predicted octanol–water partition coefficient (Wildman–Crippen LogP) is 4.58. The topological polar surface area (TPSA) is 50.4 Å². The van der Waals surface area contributed by atoms with Crippen LogP contribution in [-0.4, -0.2) is 12.5 Å². The van der Waals surface area contributed by atoms with Crippen LogP contribution >= 0.6 is 31.9 Å². The van der Waals surface area contributed by atoms with Crippen LogP contribution in [0.15, 0.2) is 57.5 Å². The zero-order valence-electron chi connectivity index (χ0n) is 13.4. The fourth-order valence-electron chi connectivity index (χ4n) is 2.06. The van der Waals surface area contributed by atoms with Crippen molar-refractivity contribution in [3.63, 3.8) is 0 Å². The van der Waals surface area contributed by atoms with E-state index in [1.165, 1.54) is 0 Å². The van der Waals surface area contributed by atoms with Crippen molar-refractivity contribution in [3.8, 4) is 5.75 Å². The number of hydrogen-bond donors (Lipinski definition) is 2. The molecule has 0 aliphatic heterocycles. The van der Waals surface area contributed by atoms with Crippen LogP contribution in [0.5, 0.6) is 5.75 Å². The molecule has 0 bridgehead atoms. The van der Waals surface area contributed by atoms with E-state index in [0.717, 1.165) is 25.8 Å². The summed E-state index contributed by atoms with van der Waals surface area (Å²) in [6, 6.07) is 13.6. The monoisotopic (exact) mass is 452 g/mol. The van der Waals surface area contributed by atoms with Crippen molar-refractivity contribution in [2.75, 3.05) is 6.61 Å². The molecule has 0 aliphatic carbocycles. The number of allylic oxidation sites excluding steroid dienone is 1. The van der Waals surface area contributed by atoms with Gasteiger partial charge in [-0.25, -0.2) is 0 Å². The smallest absolute Gasteiger partial charge is 0.276 e. The highest BCUT2D eigenvalue weighted by molar-refractivity contribution is 9.11. The lowest BCUT2D eigenvalue weighted by Gasteiger charge is -2.14. The third-order valence-corrected chi connectivity index (χ3v) is 4.38. The van der Waals surface area contributed by atoms with E-state index in [-0.39, 0.29) is 12.5 Å². The van der Waals surface area contributed by atoms with Gasteiger partial charge in [0.05, 0.1) is 14.6 Å². The second kappa shape index (κ2) is 8.89. The van der Waals surface area contributed by atoms with Crippen molar-refractivity contribution < 1.29 is 9.53 Å². The van der Waals surface area contributed by atoms with Gasteiger partial charge in [0, 0.05) is 0 Å². The van der Waals surface area contributed by atoms with Gasteiger partial charge >= 0.3 is 0 Å². The molecule has 1 amide bonds. The number of nitrogens with one attached hydrogen (secondary N) is 2. The number of hydrogen-bond acceptors (Lipinski definition) is 3. The van der Waals surface area contributed by atoms with Gasteiger partial charge in [-0.15, -0.1) is 0 Å². The van der Waals surface area contributed by atoms with Gasteiger partial charge in [-0.2, -0.15) is 0 Å². The van der Waals surface area contributed by atoms with Crippen LogP contribution in [0, 0.1) is 6.92 Å². The summed E-state index contributed by atoms with van der Waals surface area (Å²) in [5, 5.41) is 0. The maximum Gasteiger partial charge on any atom is 0.276 e. The van der Waals surface area contributed by atoms with E-state index in [1.807, 2.05) is 62.4 Å². The SMILES string of the molecule is CC=C(NNC(=O)COc1c(Br)cc(C)cc1Br)c1ccccc1. The molecule has 0 atom stereocenters. The molecule has 0 fully saturated rings. The summed E-state index contributed by atoms with van der Waals surface area (Å²) < 4.78 is 7.19. The van der Waals surface area contributed by atoms with Gasteiger partial charge < -0.3 is 4.74 Å². The van der Waals surface area contributed by atoms with Gasteiger partial charge in [0.1, 0.15) is 5.75 Å². The summed E-state index contributed by atoms with van der Waals surface area (Å²) in [4.78, 5) is 12.0. The van der Waals surface area contributed by atoms with Gasteiger partial charge in [-0.05, 0) is 69.0 Å². The van der Waals surface area contributed by atoms with E-state index in [0.29, 0.717) is 5.75 Å². The number of hydrazine groups is 1.